The Hall–Kier alpha value is -1.85. The number of nitrogens with one attached hydrogen (secondary N) is 1. The number of hydrogen-bond donors (Lipinski definition) is 1. The molecule has 108 valence electrons. The second kappa shape index (κ2) is 6.54. The van der Waals surface area contributed by atoms with Crippen molar-refractivity contribution in [3.05, 3.63) is 30.0 Å². The van der Waals surface area contributed by atoms with E-state index in [-0.39, 0.29) is 6.29 Å². The Morgan fingerprint density at radius 2 is 1.90 bits per heavy atom. The van der Waals surface area contributed by atoms with Crippen LogP contribution in [0.2, 0.25) is 0 Å². The summed E-state index contributed by atoms with van der Waals surface area (Å²) in [5, 5.41) is 4.35. The monoisotopic (exact) mass is 276 g/mol. The van der Waals surface area contributed by atoms with Gasteiger partial charge in [-0.15, -0.1) is 0 Å². The molecule has 1 N–H and O–H groups in total. The number of ether oxygens (including phenoxy) is 3. The minimum absolute atomic E-state index is 0.288. The van der Waals surface area contributed by atoms with E-state index in [1.54, 1.807) is 21.3 Å². The first kappa shape index (κ1) is 14.6. The number of pyridine rings is 1. The molecule has 1 aromatic heterocycles. The van der Waals surface area contributed by atoms with Gasteiger partial charge in [-0.25, -0.2) is 0 Å². The van der Waals surface area contributed by atoms with Crippen molar-refractivity contribution in [1.29, 1.82) is 0 Å². The molecule has 0 amide bonds. The van der Waals surface area contributed by atoms with Crippen LogP contribution < -0.4 is 10.1 Å². The number of aromatic nitrogens is 1. The highest BCUT2D eigenvalue weighted by Crippen LogP contribution is 2.27. The molecule has 1 heterocycles. The quantitative estimate of drug-likeness (QED) is 0.822. The molecular formula is C15H20N2O3. The van der Waals surface area contributed by atoms with Crippen LogP contribution in [0.1, 0.15) is 5.69 Å². The molecule has 0 atom stereocenters. The van der Waals surface area contributed by atoms with Crippen LogP contribution >= 0.6 is 0 Å². The molecule has 0 aliphatic carbocycles. The zero-order valence-corrected chi connectivity index (χ0v) is 12.3. The molecule has 5 nitrogen and oxygen atoms in total. The van der Waals surface area contributed by atoms with Gasteiger partial charge in [0.1, 0.15) is 5.75 Å². The van der Waals surface area contributed by atoms with Gasteiger partial charge in [-0.05, 0) is 31.2 Å². The summed E-state index contributed by atoms with van der Waals surface area (Å²) in [5.41, 5.74) is 2.88. The molecule has 0 spiro atoms. The third-order valence-electron chi connectivity index (χ3n) is 3.13. The zero-order chi connectivity index (χ0) is 14.5. The number of aryl methyl sites for hydroxylation is 1. The summed E-state index contributed by atoms with van der Waals surface area (Å²) < 4.78 is 15.6. The topological polar surface area (TPSA) is 52.6 Å². The number of anilines is 1. The van der Waals surface area contributed by atoms with Crippen molar-refractivity contribution in [1.82, 2.24) is 4.98 Å². The van der Waals surface area contributed by atoms with E-state index >= 15 is 0 Å². The third-order valence-corrected chi connectivity index (χ3v) is 3.13. The minimum Gasteiger partial charge on any atom is -0.497 e. The smallest absolute Gasteiger partial charge is 0.173 e. The Balaban J connectivity index is 2.34. The first-order chi connectivity index (χ1) is 9.67. The van der Waals surface area contributed by atoms with Gasteiger partial charge in [-0.1, -0.05) is 0 Å². The number of fused-ring (bicyclic) bond motifs is 1. The van der Waals surface area contributed by atoms with Gasteiger partial charge in [-0.2, -0.15) is 0 Å². The maximum atomic E-state index is 5.27. The molecule has 0 bridgehead atoms. The predicted molar refractivity (Wildman–Crippen MR) is 79.3 cm³/mol. The fourth-order valence-electron chi connectivity index (χ4n) is 2.07. The summed E-state index contributed by atoms with van der Waals surface area (Å²) in [5.74, 6) is 0.807. The predicted octanol–water partition coefficient (Wildman–Crippen LogP) is 2.58. The zero-order valence-electron chi connectivity index (χ0n) is 12.3. The highest BCUT2D eigenvalue weighted by molar-refractivity contribution is 5.92. The summed E-state index contributed by atoms with van der Waals surface area (Å²) in [7, 11) is 4.89. The summed E-state index contributed by atoms with van der Waals surface area (Å²) >= 11 is 0. The van der Waals surface area contributed by atoms with E-state index < -0.39 is 0 Å². The third kappa shape index (κ3) is 3.18. The van der Waals surface area contributed by atoms with E-state index in [1.807, 2.05) is 31.2 Å². The van der Waals surface area contributed by atoms with Gasteiger partial charge in [0.2, 0.25) is 0 Å². The molecule has 1 aromatic carbocycles. The van der Waals surface area contributed by atoms with E-state index in [0.29, 0.717) is 6.54 Å². The molecule has 0 fully saturated rings. The molecule has 0 saturated heterocycles. The van der Waals surface area contributed by atoms with Crippen LogP contribution in [-0.2, 0) is 9.47 Å². The van der Waals surface area contributed by atoms with Crippen molar-refractivity contribution < 1.29 is 14.2 Å². The van der Waals surface area contributed by atoms with E-state index in [4.69, 9.17) is 14.2 Å². The second-order valence-corrected chi connectivity index (χ2v) is 4.48. The normalized spacial score (nSPS) is 11.1. The van der Waals surface area contributed by atoms with Crippen LogP contribution in [0.15, 0.2) is 24.3 Å². The van der Waals surface area contributed by atoms with Gasteiger partial charge in [0.05, 0.1) is 19.2 Å². The molecule has 0 saturated carbocycles. The molecule has 0 radical (unpaired) electrons. The lowest BCUT2D eigenvalue weighted by Gasteiger charge is -2.16. The van der Waals surface area contributed by atoms with Crippen LogP contribution in [-0.4, -0.2) is 39.1 Å². The van der Waals surface area contributed by atoms with E-state index in [2.05, 4.69) is 10.3 Å². The van der Waals surface area contributed by atoms with Gasteiger partial charge < -0.3 is 19.5 Å². The van der Waals surface area contributed by atoms with Crippen LogP contribution in [0.5, 0.6) is 5.75 Å². The molecule has 0 aliphatic heterocycles. The molecule has 0 unspecified atom stereocenters. The second-order valence-electron chi connectivity index (χ2n) is 4.48. The van der Waals surface area contributed by atoms with Gasteiger partial charge >= 0.3 is 0 Å². The van der Waals surface area contributed by atoms with Crippen molar-refractivity contribution in [2.45, 2.75) is 13.2 Å². The summed E-state index contributed by atoms with van der Waals surface area (Å²) in [6.07, 6.45) is -0.288. The molecule has 2 rings (SSSR count). The Bertz CT molecular complexity index is 583. The standard InChI is InChI=1S/C15H20N2O3/c1-10-7-14(16-9-15(19-3)20-4)12-8-11(18-2)5-6-13(12)17-10/h5-8,15H,9H2,1-4H3,(H,16,17). The largest absolute Gasteiger partial charge is 0.497 e. The average Bonchev–Trinajstić information content (AvgIpc) is 2.47. The summed E-state index contributed by atoms with van der Waals surface area (Å²) in [6, 6.07) is 7.84. The molecule has 5 heteroatoms. The number of benzene rings is 1. The van der Waals surface area contributed by atoms with Crippen LogP contribution in [0.4, 0.5) is 5.69 Å². The highest BCUT2D eigenvalue weighted by atomic mass is 16.7. The summed E-state index contributed by atoms with van der Waals surface area (Å²) in [6.45, 7) is 2.53. The minimum atomic E-state index is -0.288. The van der Waals surface area contributed by atoms with Crippen molar-refractivity contribution in [2.24, 2.45) is 0 Å². The lowest BCUT2D eigenvalue weighted by Crippen LogP contribution is -2.23. The average molecular weight is 276 g/mol. The summed E-state index contributed by atoms with van der Waals surface area (Å²) in [4.78, 5) is 4.52. The molecule has 0 aliphatic rings. The van der Waals surface area contributed by atoms with Crippen LogP contribution in [0, 0.1) is 6.92 Å². The van der Waals surface area contributed by atoms with E-state index in [1.165, 1.54) is 0 Å². The number of rotatable bonds is 6. The Morgan fingerprint density at radius 3 is 2.55 bits per heavy atom. The lowest BCUT2D eigenvalue weighted by molar-refractivity contribution is -0.0913. The van der Waals surface area contributed by atoms with Gasteiger partial charge in [0, 0.05) is 31.0 Å². The Labute approximate surface area is 118 Å². The van der Waals surface area contributed by atoms with Gasteiger partial charge in [0.15, 0.2) is 6.29 Å². The van der Waals surface area contributed by atoms with Crippen molar-refractivity contribution >= 4 is 16.6 Å². The van der Waals surface area contributed by atoms with Crippen LogP contribution in [0.25, 0.3) is 10.9 Å². The first-order valence-electron chi connectivity index (χ1n) is 6.42. The van der Waals surface area contributed by atoms with E-state index in [0.717, 1.165) is 28.0 Å². The number of hydrogen-bond acceptors (Lipinski definition) is 5. The SMILES string of the molecule is COc1ccc2nc(C)cc(NCC(OC)OC)c2c1. The van der Waals surface area contributed by atoms with Gasteiger partial charge in [0.25, 0.3) is 0 Å². The Morgan fingerprint density at radius 1 is 1.15 bits per heavy atom. The molecule has 2 aromatic rings. The number of nitrogens with zero attached hydrogens (tertiary/aromatic N) is 1. The molecule has 20 heavy (non-hydrogen) atoms. The maximum absolute atomic E-state index is 5.27. The highest BCUT2D eigenvalue weighted by Gasteiger charge is 2.09. The fraction of sp³-hybridized carbons (Fsp3) is 0.400. The maximum Gasteiger partial charge on any atom is 0.173 e. The molecular weight excluding hydrogens is 256 g/mol. The Kier molecular flexibility index (Phi) is 4.76. The van der Waals surface area contributed by atoms with E-state index in [9.17, 15) is 0 Å². The van der Waals surface area contributed by atoms with Crippen molar-refractivity contribution in [3.63, 3.8) is 0 Å². The van der Waals surface area contributed by atoms with Crippen molar-refractivity contribution in [2.75, 3.05) is 33.2 Å². The van der Waals surface area contributed by atoms with Crippen molar-refractivity contribution in [3.8, 4) is 5.75 Å². The fourth-order valence-corrected chi connectivity index (χ4v) is 2.07. The van der Waals surface area contributed by atoms with Crippen LogP contribution in [0.3, 0.4) is 0 Å². The number of methoxy groups -OCH3 is 3. The first-order valence-corrected chi connectivity index (χ1v) is 6.42. The van der Waals surface area contributed by atoms with Gasteiger partial charge in [-0.3, -0.25) is 4.98 Å². The lowest BCUT2D eigenvalue weighted by atomic mass is 10.1.